The zero-order valence-corrected chi connectivity index (χ0v) is 11.7. The van der Waals surface area contributed by atoms with Crippen LogP contribution in [0, 0.1) is 6.92 Å². The topological polar surface area (TPSA) is 44.3 Å². The Hall–Kier alpha value is -0.900. The van der Waals surface area contributed by atoms with Crippen LogP contribution in [0.15, 0.2) is 18.2 Å². The molecule has 1 fully saturated rings. The molecule has 1 aromatic rings. The van der Waals surface area contributed by atoms with Crippen molar-refractivity contribution in [1.82, 2.24) is 10.9 Å². The SMILES string of the molecule is Cc1ccc(C(C)(C)C)cc1C1CC(CO)NN1. The van der Waals surface area contributed by atoms with Crippen LogP contribution >= 0.6 is 0 Å². The fraction of sp³-hybridized carbons (Fsp3) is 0.600. The number of hydrogen-bond donors (Lipinski definition) is 3. The highest BCUT2D eigenvalue weighted by atomic mass is 16.3. The van der Waals surface area contributed by atoms with Gasteiger partial charge in [0.2, 0.25) is 0 Å². The van der Waals surface area contributed by atoms with E-state index in [4.69, 9.17) is 0 Å². The van der Waals surface area contributed by atoms with Crippen LogP contribution in [-0.4, -0.2) is 17.8 Å². The predicted octanol–water partition coefficient (Wildman–Crippen LogP) is 2.19. The highest BCUT2D eigenvalue weighted by Crippen LogP contribution is 2.30. The van der Waals surface area contributed by atoms with E-state index in [1.54, 1.807) is 0 Å². The van der Waals surface area contributed by atoms with Crippen molar-refractivity contribution in [3.05, 3.63) is 34.9 Å². The van der Waals surface area contributed by atoms with Crippen molar-refractivity contribution in [2.45, 2.75) is 51.6 Å². The lowest BCUT2D eigenvalue weighted by atomic mass is 9.84. The molecule has 2 atom stereocenters. The van der Waals surface area contributed by atoms with E-state index in [1.165, 1.54) is 16.7 Å². The molecule has 100 valence electrons. The fourth-order valence-electron chi connectivity index (χ4n) is 2.43. The number of benzene rings is 1. The molecule has 2 rings (SSSR count). The average Bonchev–Trinajstić information content (AvgIpc) is 2.76. The largest absolute Gasteiger partial charge is 0.395 e. The zero-order valence-electron chi connectivity index (χ0n) is 11.7. The fourth-order valence-corrected chi connectivity index (χ4v) is 2.43. The van der Waals surface area contributed by atoms with Gasteiger partial charge in [-0.15, -0.1) is 0 Å². The van der Waals surface area contributed by atoms with E-state index in [1.807, 2.05) is 0 Å². The first-order valence-electron chi connectivity index (χ1n) is 6.65. The summed E-state index contributed by atoms with van der Waals surface area (Å²) in [6.45, 7) is 9.03. The van der Waals surface area contributed by atoms with Gasteiger partial charge in [-0.2, -0.15) is 0 Å². The Balaban J connectivity index is 2.27. The molecular weight excluding hydrogens is 224 g/mol. The van der Waals surface area contributed by atoms with Crippen LogP contribution < -0.4 is 10.9 Å². The predicted molar refractivity (Wildman–Crippen MR) is 74.4 cm³/mol. The van der Waals surface area contributed by atoms with Gasteiger partial charge in [0, 0.05) is 12.1 Å². The van der Waals surface area contributed by atoms with Crippen LogP contribution in [-0.2, 0) is 5.41 Å². The van der Waals surface area contributed by atoms with Crippen LogP contribution in [0.25, 0.3) is 0 Å². The summed E-state index contributed by atoms with van der Waals surface area (Å²) in [5, 5.41) is 9.18. The second kappa shape index (κ2) is 5.00. The standard InChI is InChI=1S/C15H24N2O/c1-10-5-6-11(15(2,3)4)7-13(10)14-8-12(9-18)16-17-14/h5-7,12,14,16-18H,8-9H2,1-4H3. The first-order valence-corrected chi connectivity index (χ1v) is 6.65. The number of aliphatic hydroxyl groups is 1. The lowest BCUT2D eigenvalue weighted by molar-refractivity contribution is 0.251. The molecule has 0 radical (unpaired) electrons. The first-order chi connectivity index (χ1) is 8.41. The lowest BCUT2D eigenvalue weighted by Gasteiger charge is -2.22. The number of aryl methyl sites for hydroxylation is 1. The highest BCUT2D eigenvalue weighted by Gasteiger charge is 2.26. The number of hydrogen-bond acceptors (Lipinski definition) is 3. The van der Waals surface area contributed by atoms with Gasteiger partial charge in [0.05, 0.1) is 6.61 Å². The van der Waals surface area contributed by atoms with Gasteiger partial charge in [-0.05, 0) is 35.4 Å². The molecule has 0 amide bonds. The summed E-state index contributed by atoms with van der Waals surface area (Å²) in [6, 6.07) is 7.17. The molecule has 3 N–H and O–H groups in total. The summed E-state index contributed by atoms with van der Waals surface area (Å²) >= 11 is 0. The van der Waals surface area contributed by atoms with Crippen molar-refractivity contribution in [2.75, 3.05) is 6.61 Å². The average molecular weight is 248 g/mol. The van der Waals surface area contributed by atoms with E-state index in [0.29, 0.717) is 6.04 Å². The minimum atomic E-state index is 0.160. The van der Waals surface area contributed by atoms with Gasteiger partial charge >= 0.3 is 0 Å². The maximum absolute atomic E-state index is 9.18. The molecule has 0 bridgehead atoms. The lowest BCUT2D eigenvalue weighted by Crippen LogP contribution is -2.33. The van der Waals surface area contributed by atoms with Gasteiger partial charge in [0.15, 0.2) is 0 Å². The van der Waals surface area contributed by atoms with Crippen molar-refractivity contribution >= 4 is 0 Å². The van der Waals surface area contributed by atoms with Crippen molar-refractivity contribution in [1.29, 1.82) is 0 Å². The Morgan fingerprint density at radius 3 is 2.56 bits per heavy atom. The second-order valence-corrected chi connectivity index (χ2v) is 6.28. The molecule has 1 aromatic carbocycles. The van der Waals surface area contributed by atoms with Crippen LogP contribution in [0.1, 0.15) is 49.9 Å². The van der Waals surface area contributed by atoms with E-state index < -0.39 is 0 Å². The Morgan fingerprint density at radius 1 is 1.28 bits per heavy atom. The maximum atomic E-state index is 9.18. The van der Waals surface area contributed by atoms with Gasteiger partial charge in [-0.25, -0.2) is 5.43 Å². The Morgan fingerprint density at radius 2 is 2.00 bits per heavy atom. The van der Waals surface area contributed by atoms with Gasteiger partial charge in [0.1, 0.15) is 0 Å². The summed E-state index contributed by atoms with van der Waals surface area (Å²) < 4.78 is 0. The number of aliphatic hydroxyl groups excluding tert-OH is 1. The number of rotatable bonds is 2. The summed E-state index contributed by atoms with van der Waals surface area (Å²) in [6.07, 6.45) is 0.935. The molecule has 0 aromatic heterocycles. The van der Waals surface area contributed by atoms with Crippen LogP contribution in [0.3, 0.4) is 0 Å². The second-order valence-electron chi connectivity index (χ2n) is 6.28. The van der Waals surface area contributed by atoms with Gasteiger partial charge in [-0.1, -0.05) is 39.0 Å². The van der Waals surface area contributed by atoms with Crippen molar-refractivity contribution in [2.24, 2.45) is 0 Å². The van der Waals surface area contributed by atoms with Crippen LogP contribution in [0.4, 0.5) is 0 Å². The van der Waals surface area contributed by atoms with E-state index in [-0.39, 0.29) is 18.1 Å². The molecule has 1 aliphatic heterocycles. The molecule has 1 aliphatic rings. The maximum Gasteiger partial charge on any atom is 0.0598 e. The normalized spacial score (nSPS) is 24.5. The zero-order chi connectivity index (χ0) is 13.3. The Bertz CT molecular complexity index is 423. The summed E-state index contributed by atoms with van der Waals surface area (Å²) in [4.78, 5) is 0. The van der Waals surface area contributed by atoms with Gasteiger partial charge in [-0.3, -0.25) is 5.43 Å². The van der Waals surface area contributed by atoms with E-state index in [2.05, 4.69) is 56.7 Å². The Kier molecular flexibility index (Phi) is 3.76. The van der Waals surface area contributed by atoms with Crippen LogP contribution in [0.5, 0.6) is 0 Å². The quantitative estimate of drug-likeness (QED) is 0.752. The molecule has 18 heavy (non-hydrogen) atoms. The minimum Gasteiger partial charge on any atom is -0.395 e. The molecule has 1 saturated heterocycles. The molecule has 3 heteroatoms. The van der Waals surface area contributed by atoms with Gasteiger partial charge in [0.25, 0.3) is 0 Å². The van der Waals surface area contributed by atoms with E-state index in [0.717, 1.165) is 6.42 Å². The van der Waals surface area contributed by atoms with E-state index in [9.17, 15) is 5.11 Å². The smallest absolute Gasteiger partial charge is 0.0598 e. The molecule has 0 saturated carbocycles. The molecule has 2 unspecified atom stereocenters. The first kappa shape index (κ1) is 13.5. The summed E-state index contributed by atoms with van der Waals surface area (Å²) in [7, 11) is 0. The molecule has 0 aliphatic carbocycles. The third-order valence-corrected chi connectivity index (χ3v) is 3.72. The van der Waals surface area contributed by atoms with Crippen LogP contribution in [0.2, 0.25) is 0 Å². The third kappa shape index (κ3) is 2.74. The summed E-state index contributed by atoms with van der Waals surface area (Å²) in [5.74, 6) is 0. The van der Waals surface area contributed by atoms with E-state index >= 15 is 0 Å². The third-order valence-electron chi connectivity index (χ3n) is 3.72. The Labute approximate surface area is 110 Å². The van der Waals surface area contributed by atoms with Crippen molar-refractivity contribution in [3.63, 3.8) is 0 Å². The van der Waals surface area contributed by atoms with Crippen molar-refractivity contribution in [3.8, 4) is 0 Å². The molecule has 1 heterocycles. The monoisotopic (exact) mass is 248 g/mol. The number of nitrogens with one attached hydrogen (secondary N) is 2. The number of hydrazine groups is 1. The molecular formula is C15H24N2O. The molecule has 0 spiro atoms. The minimum absolute atomic E-state index is 0.160. The summed E-state index contributed by atoms with van der Waals surface area (Å²) in [5.41, 5.74) is 10.6. The van der Waals surface area contributed by atoms with Gasteiger partial charge < -0.3 is 5.11 Å². The van der Waals surface area contributed by atoms with Crippen molar-refractivity contribution < 1.29 is 5.11 Å². The molecule has 3 nitrogen and oxygen atoms in total. The highest BCUT2D eigenvalue weighted by molar-refractivity contribution is 5.37.